The molecule has 1 aromatic rings. The number of carboxylic acids is 1. The second-order valence-corrected chi connectivity index (χ2v) is 7.99. The summed E-state index contributed by atoms with van der Waals surface area (Å²) in [5.74, 6) is -0.275. The highest BCUT2D eigenvalue weighted by Crippen LogP contribution is 2.49. The van der Waals surface area contributed by atoms with E-state index in [1.54, 1.807) is 0 Å². The fourth-order valence-corrected chi connectivity index (χ4v) is 3.66. The molecule has 0 radical (unpaired) electrons. The summed E-state index contributed by atoms with van der Waals surface area (Å²) in [4.78, 5) is 15.9. The standard InChI is InChI=1S/C18H28N4O.C2HF3O2/c1-3-21-16(1)13-23-17-9-15(11-20-12-17)18-10-14(18)2-6-22-7-4-19-5-8-22;3-2(4,5)1(6)7/h9,11-12,14,16,18-19,21H,1-8,10,13H2;(H,6,7)/t14-,16-,18-;/m0./s1. The number of ether oxygens (including phenoxy) is 1. The van der Waals surface area contributed by atoms with Gasteiger partial charge in [0.05, 0.1) is 6.20 Å². The summed E-state index contributed by atoms with van der Waals surface area (Å²) in [6.07, 6.45) is 2.66. The van der Waals surface area contributed by atoms with Gasteiger partial charge in [-0.1, -0.05) is 0 Å². The largest absolute Gasteiger partial charge is 0.490 e. The zero-order valence-corrected chi connectivity index (χ0v) is 16.8. The Morgan fingerprint density at radius 2 is 1.97 bits per heavy atom. The van der Waals surface area contributed by atoms with Crippen LogP contribution in [0.2, 0.25) is 0 Å². The first-order chi connectivity index (χ1) is 14.3. The van der Waals surface area contributed by atoms with E-state index in [1.165, 1.54) is 44.5 Å². The van der Waals surface area contributed by atoms with Crippen LogP contribution < -0.4 is 15.4 Å². The van der Waals surface area contributed by atoms with Crippen LogP contribution in [0.1, 0.15) is 30.7 Å². The molecule has 1 aliphatic carbocycles. The lowest BCUT2D eigenvalue weighted by Gasteiger charge is -2.27. The molecule has 10 heteroatoms. The molecule has 3 atom stereocenters. The van der Waals surface area contributed by atoms with E-state index in [1.807, 2.05) is 12.4 Å². The maximum Gasteiger partial charge on any atom is 0.490 e. The summed E-state index contributed by atoms with van der Waals surface area (Å²) in [7, 11) is 0. The molecule has 0 bridgehead atoms. The van der Waals surface area contributed by atoms with Gasteiger partial charge in [0.1, 0.15) is 12.4 Å². The van der Waals surface area contributed by atoms with Gasteiger partial charge in [0.15, 0.2) is 0 Å². The number of nitrogens with zero attached hydrogens (tertiary/aromatic N) is 2. The normalized spacial score (nSPS) is 26.2. The van der Waals surface area contributed by atoms with Gasteiger partial charge in [-0.2, -0.15) is 13.2 Å². The first-order valence-electron chi connectivity index (χ1n) is 10.4. The van der Waals surface area contributed by atoms with E-state index < -0.39 is 12.1 Å². The number of carboxylic acid groups (broad SMARTS) is 1. The van der Waals surface area contributed by atoms with Gasteiger partial charge in [0.25, 0.3) is 0 Å². The molecular weight excluding hydrogens is 401 g/mol. The van der Waals surface area contributed by atoms with Crippen molar-refractivity contribution >= 4 is 5.97 Å². The van der Waals surface area contributed by atoms with Crippen molar-refractivity contribution < 1.29 is 27.8 Å². The molecule has 2 saturated heterocycles. The smallest absolute Gasteiger partial charge is 0.490 e. The third kappa shape index (κ3) is 7.10. The Morgan fingerprint density at radius 1 is 1.27 bits per heavy atom. The number of pyridine rings is 1. The van der Waals surface area contributed by atoms with E-state index in [9.17, 15) is 13.2 Å². The van der Waals surface area contributed by atoms with Crippen molar-refractivity contribution in [2.75, 3.05) is 45.9 Å². The number of carbonyl (C=O) groups is 1. The number of hydrogen-bond acceptors (Lipinski definition) is 6. The zero-order valence-electron chi connectivity index (χ0n) is 16.8. The van der Waals surface area contributed by atoms with Crippen LogP contribution in [0.5, 0.6) is 5.75 Å². The van der Waals surface area contributed by atoms with Gasteiger partial charge < -0.3 is 25.4 Å². The van der Waals surface area contributed by atoms with Crippen LogP contribution in [-0.4, -0.2) is 79.1 Å². The van der Waals surface area contributed by atoms with Gasteiger partial charge in [-0.15, -0.1) is 0 Å². The number of nitrogens with one attached hydrogen (secondary N) is 2. The molecule has 3 heterocycles. The zero-order chi connectivity index (χ0) is 21.6. The summed E-state index contributed by atoms with van der Waals surface area (Å²) in [5, 5.41) is 13.9. The molecular formula is C20H29F3N4O3. The van der Waals surface area contributed by atoms with Crippen molar-refractivity contribution in [3.63, 3.8) is 0 Å². The molecule has 3 fully saturated rings. The number of halogens is 3. The summed E-state index contributed by atoms with van der Waals surface area (Å²) >= 11 is 0. The van der Waals surface area contributed by atoms with E-state index in [4.69, 9.17) is 14.6 Å². The minimum Gasteiger partial charge on any atom is -0.490 e. The summed E-state index contributed by atoms with van der Waals surface area (Å²) < 4.78 is 37.6. The number of aromatic nitrogens is 1. The van der Waals surface area contributed by atoms with Crippen molar-refractivity contribution in [2.45, 2.75) is 37.4 Å². The van der Waals surface area contributed by atoms with Crippen LogP contribution >= 0.6 is 0 Å². The van der Waals surface area contributed by atoms with E-state index in [0.717, 1.165) is 37.9 Å². The van der Waals surface area contributed by atoms with Crippen molar-refractivity contribution in [2.24, 2.45) is 5.92 Å². The SMILES string of the molecule is O=C(O)C(F)(F)F.c1ncc([C@H]2C[C@@H]2CCN2CCNCC2)cc1OC[C@@H]1CCN1. The van der Waals surface area contributed by atoms with Crippen LogP contribution in [0.15, 0.2) is 18.5 Å². The van der Waals surface area contributed by atoms with Crippen molar-refractivity contribution in [1.29, 1.82) is 0 Å². The summed E-state index contributed by atoms with van der Waals surface area (Å²) in [6.45, 7) is 7.85. The van der Waals surface area contributed by atoms with Crippen molar-refractivity contribution in [3.05, 3.63) is 24.0 Å². The van der Waals surface area contributed by atoms with Gasteiger partial charge in [0.2, 0.25) is 0 Å². The topological polar surface area (TPSA) is 86.7 Å². The minimum absolute atomic E-state index is 0.534. The number of rotatable bonds is 7. The predicted molar refractivity (Wildman–Crippen MR) is 105 cm³/mol. The van der Waals surface area contributed by atoms with Gasteiger partial charge >= 0.3 is 12.1 Å². The first kappa shape index (κ1) is 22.8. The molecule has 0 unspecified atom stereocenters. The minimum atomic E-state index is -5.08. The number of alkyl halides is 3. The van der Waals surface area contributed by atoms with Gasteiger partial charge in [0, 0.05) is 38.4 Å². The van der Waals surface area contributed by atoms with E-state index in [2.05, 4.69) is 26.6 Å². The van der Waals surface area contributed by atoms with Crippen LogP contribution in [0, 0.1) is 5.92 Å². The fourth-order valence-electron chi connectivity index (χ4n) is 3.66. The highest BCUT2D eigenvalue weighted by atomic mass is 19.4. The Bertz CT molecular complexity index is 694. The van der Waals surface area contributed by atoms with Gasteiger partial charge in [-0.25, -0.2) is 4.79 Å². The van der Waals surface area contributed by atoms with Crippen LogP contribution in [0.3, 0.4) is 0 Å². The number of piperazine rings is 1. The third-order valence-corrected chi connectivity index (χ3v) is 5.73. The summed E-state index contributed by atoms with van der Waals surface area (Å²) in [6, 6.07) is 2.74. The maximum atomic E-state index is 10.6. The van der Waals surface area contributed by atoms with Crippen molar-refractivity contribution in [1.82, 2.24) is 20.5 Å². The Hall–Kier alpha value is -1.91. The summed E-state index contributed by atoms with van der Waals surface area (Å²) in [5.41, 5.74) is 1.37. The van der Waals surface area contributed by atoms with Crippen LogP contribution in [0.4, 0.5) is 13.2 Å². The highest BCUT2D eigenvalue weighted by Gasteiger charge is 2.39. The molecule has 0 aromatic carbocycles. The molecule has 7 nitrogen and oxygen atoms in total. The Kier molecular flexibility index (Phi) is 7.90. The average molecular weight is 430 g/mol. The molecule has 3 aliphatic rings. The molecule has 2 aliphatic heterocycles. The average Bonchev–Trinajstić information content (AvgIpc) is 3.46. The van der Waals surface area contributed by atoms with Gasteiger partial charge in [-0.3, -0.25) is 4.98 Å². The number of aliphatic carboxylic acids is 1. The molecule has 1 saturated carbocycles. The molecule has 0 spiro atoms. The molecule has 0 amide bonds. The van der Waals surface area contributed by atoms with Crippen LogP contribution in [0.25, 0.3) is 0 Å². The fraction of sp³-hybridized carbons (Fsp3) is 0.700. The monoisotopic (exact) mass is 430 g/mol. The number of hydrogen-bond donors (Lipinski definition) is 3. The lowest BCUT2D eigenvalue weighted by Crippen LogP contribution is -2.46. The molecule has 3 N–H and O–H groups in total. The van der Waals surface area contributed by atoms with E-state index in [0.29, 0.717) is 12.0 Å². The highest BCUT2D eigenvalue weighted by molar-refractivity contribution is 5.73. The van der Waals surface area contributed by atoms with E-state index in [-0.39, 0.29) is 0 Å². The molecule has 1 aromatic heterocycles. The maximum absolute atomic E-state index is 10.6. The lowest BCUT2D eigenvalue weighted by molar-refractivity contribution is -0.192. The molecule has 30 heavy (non-hydrogen) atoms. The Labute approximate surface area is 174 Å². The van der Waals surface area contributed by atoms with Gasteiger partial charge in [-0.05, 0) is 55.8 Å². The molecule has 4 rings (SSSR count). The second-order valence-electron chi connectivity index (χ2n) is 7.99. The van der Waals surface area contributed by atoms with Crippen LogP contribution in [-0.2, 0) is 4.79 Å². The third-order valence-electron chi connectivity index (χ3n) is 5.73. The Morgan fingerprint density at radius 3 is 2.57 bits per heavy atom. The lowest BCUT2D eigenvalue weighted by atomic mass is 10.1. The molecule has 168 valence electrons. The second kappa shape index (κ2) is 10.4. The quantitative estimate of drug-likeness (QED) is 0.609. The first-order valence-corrected chi connectivity index (χ1v) is 10.4. The Balaban J connectivity index is 0.000000318. The van der Waals surface area contributed by atoms with Crippen molar-refractivity contribution in [3.8, 4) is 5.75 Å². The van der Waals surface area contributed by atoms with E-state index >= 15 is 0 Å². The predicted octanol–water partition coefficient (Wildman–Crippen LogP) is 1.85.